The van der Waals surface area contributed by atoms with Gasteiger partial charge in [0.1, 0.15) is 12.4 Å². The molecule has 0 amide bonds. The van der Waals surface area contributed by atoms with Gasteiger partial charge in [-0.25, -0.2) is 0 Å². The van der Waals surface area contributed by atoms with Crippen molar-refractivity contribution in [1.29, 1.82) is 0 Å². The Labute approximate surface area is 172 Å². The summed E-state index contributed by atoms with van der Waals surface area (Å²) in [6, 6.07) is 12.6. The van der Waals surface area contributed by atoms with Crippen molar-refractivity contribution in [2.24, 2.45) is 0 Å². The molecule has 1 fully saturated rings. The molecule has 1 N–H and O–H groups in total. The molecule has 2 aromatic carbocycles. The highest BCUT2D eigenvalue weighted by Gasteiger charge is 2.22. The number of hydrogen-bond acceptors (Lipinski definition) is 3. The molecule has 1 heterocycles. The number of hydrogen-bond donors (Lipinski definition) is 1. The van der Waals surface area contributed by atoms with Crippen LogP contribution in [0.3, 0.4) is 0 Å². The minimum absolute atomic E-state index is 0.487. The second-order valence-electron chi connectivity index (χ2n) is 7.21. The molecule has 3 rings (SSSR count). The molecular formula is C22H28Cl2N2O. The molecule has 0 spiro atoms. The molecule has 0 bridgehead atoms. The van der Waals surface area contributed by atoms with Gasteiger partial charge in [-0.3, -0.25) is 4.90 Å². The second kappa shape index (κ2) is 9.79. The molecule has 1 aliphatic heterocycles. The van der Waals surface area contributed by atoms with Crippen LogP contribution in [0, 0.1) is 6.92 Å². The highest BCUT2D eigenvalue weighted by atomic mass is 35.5. The Hall–Kier alpha value is -1.26. The van der Waals surface area contributed by atoms with Crippen LogP contribution >= 0.6 is 23.2 Å². The van der Waals surface area contributed by atoms with E-state index in [9.17, 15) is 0 Å². The molecule has 0 saturated carbocycles. The number of likely N-dealkylation sites (tertiary alicyclic amines) is 1. The molecule has 1 aliphatic rings. The van der Waals surface area contributed by atoms with Crippen LogP contribution in [0.5, 0.6) is 5.75 Å². The first-order valence-corrected chi connectivity index (χ1v) is 10.4. The molecule has 27 heavy (non-hydrogen) atoms. The highest BCUT2D eigenvalue weighted by molar-refractivity contribution is 6.35. The Morgan fingerprint density at radius 3 is 2.70 bits per heavy atom. The van der Waals surface area contributed by atoms with Crippen LogP contribution in [0.4, 0.5) is 0 Å². The van der Waals surface area contributed by atoms with Crippen LogP contribution in [-0.2, 0) is 13.2 Å². The lowest BCUT2D eigenvalue weighted by Gasteiger charge is -2.23. The minimum Gasteiger partial charge on any atom is -0.487 e. The molecule has 1 atom stereocenters. The van der Waals surface area contributed by atoms with Gasteiger partial charge in [0, 0.05) is 29.7 Å². The van der Waals surface area contributed by atoms with Gasteiger partial charge in [-0.15, -0.1) is 0 Å². The lowest BCUT2D eigenvalue weighted by molar-refractivity contribution is 0.259. The van der Waals surface area contributed by atoms with Crippen molar-refractivity contribution in [1.82, 2.24) is 10.2 Å². The van der Waals surface area contributed by atoms with E-state index >= 15 is 0 Å². The van der Waals surface area contributed by atoms with E-state index in [0.717, 1.165) is 24.2 Å². The maximum Gasteiger partial charge on any atom is 0.142 e. The van der Waals surface area contributed by atoms with E-state index in [0.29, 0.717) is 35.0 Å². The third-order valence-corrected chi connectivity index (χ3v) is 5.69. The second-order valence-corrected chi connectivity index (χ2v) is 8.05. The molecule has 0 radical (unpaired) electrons. The van der Waals surface area contributed by atoms with Gasteiger partial charge in [0.2, 0.25) is 0 Å². The van der Waals surface area contributed by atoms with Crippen LogP contribution in [0.1, 0.15) is 36.5 Å². The average molecular weight is 407 g/mol. The maximum atomic E-state index is 6.43. The molecule has 0 aliphatic carbocycles. The number of likely N-dealkylation sites (N-methyl/N-ethyl adjacent to an activating group) is 1. The number of rotatable bonds is 8. The summed E-state index contributed by atoms with van der Waals surface area (Å²) in [5, 5.41) is 4.76. The van der Waals surface area contributed by atoms with Gasteiger partial charge in [0.25, 0.3) is 0 Å². The molecule has 0 unspecified atom stereocenters. The minimum atomic E-state index is 0.487. The summed E-state index contributed by atoms with van der Waals surface area (Å²) in [6.45, 7) is 8.77. The Morgan fingerprint density at radius 1 is 1.19 bits per heavy atom. The van der Waals surface area contributed by atoms with Crippen molar-refractivity contribution >= 4 is 23.2 Å². The Balaban J connectivity index is 1.64. The third-order valence-electron chi connectivity index (χ3n) is 5.19. The zero-order valence-corrected chi connectivity index (χ0v) is 17.6. The van der Waals surface area contributed by atoms with Crippen LogP contribution < -0.4 is 10.1 Å². The normalized spacial score (nSPS) is 17.4. The SMILES string of the molecule is CCN1CCC[C@H]1CNCc1cc(Cl)cc(Cl)c1OCc1ccc(C)cc1. The predicted molar refractivity (Wildman–Crippen MR) is 114 cm³/mol. The van der Waals surface area contributed by atoms with Crippen LogP contribution in [0.15, 0.2) is 36.4 Å². The summed E-state index contributed by atoms with van der Waals surface area (Å²) in [6.07, 6.45) is 2.54. The quantitative estimate of drug-likeness (QED) is 0.629. The lowest BCUT2D eigenvalue weighted by atomic mass is 10.1. The fraction of sp³-hybridized carbons (Fsp3) is 0.455. The average Bonchev–Trinajstić information content (AvgIpc) is 3.10. The van der Waals surface area contributed by atoms with Crippen molar-refractivity contribution in [3.8, 4) is 5.75 Å². The number of benzene rings is 2. The molecular weight excluding hydrogens is 379 g/mol. The van der Waals surface area contributed by atoms with Gasteiger partial charge in [-0.1, -0.05) is 60.0 Å². The van der Waals surface area contributed by atoms with E-state index in [2.05, 4.69) is 48.3 Å². The molecule has 0 aromatic heterocycles. The fourth-order valence-corrected chi connectivity index (χ4v) is 4.25. The number of ether oxygens (including phenoxy) is 1. The summed E-state index contributed by atoms with van der Waals surface area (Å²) < 4.78 is 6.07. The van der Waals surface area contributed by atoms with Gasteiger partial charge in [0.15, 0.2) is 0 Å². The standard InChI is InChI=1S/C22H28Cl2N2O/c1-3-26-10-4-5-20(26)14-25-13-18-11-19(23)12-21(24)22(18)27-15-17-8-6-16(2)7-9-17/h6-9,11-12,20,25H,3-5,10,13-15H2,1-2H3/t20-/m0/s1. The Morgan fingerprint density at radius 2 is 1.96 bits per heavy atom. The van der Waals surface area contributed by atoms with E-state index in [1.807, 2.05) is 6.07 Å². The van der Waals surface area contributed by atoms with Gasteiger partial charge < -0.3 is 10.1 Å². The van der Waals surface area contributed by atoms with Gasteiger partial charge >= 0.3 is 0 Å². The van der Waals surface area contributed by atoms with Crippen molar-refractivity contribution in [2.75, 3.05) is 19.6 Å². The number of nitrogens with one attached hydrogen (secondary N) is 1. The van der Waals surface area contributed by atoms with Gasteiger partial charge in [0.05, 0.1) is 5.02 Å². The first-order valence-electron chi connectivity index (χ1n) is 9.68. The third kappa shape index (κ3) is 5.61. The summed E-state index contributed by atoms with van der Waals surface area (Å²) in [5.41, 5.74) is 3.36. The smallest absolute Gasteiger partial charge is 0.142 e. The zero-order chi connectivity index (χ0) is 19.2. The lowest BCUT2D eigenvalue weighted by Crippen LogP contribution is -2.37. The first-order chi connectivity index (χ1) is 13.1. The molecule has 5 heteroatoms. The van der Waals surface area contributed by atoms with Crippen molar-refractivity contribution in [3.63, 3.8) is 0 Å². The molecule has 1 saturated heterocycles. The Kier molecular flexibility index (Phi) is 7.42. The first kappa shape index (κ1) is 20.5. The van der Waals surface area contributed by atoms with Crippen LogP contribution in [0.2, 0.25) is 10.0 Å². The van der Waals surface area contributed by atoms with Crippen molar-refractivity contribution in [3.05, 3.63) is 63.1 Å². The molecule has 146 valence electrons. The summed E-state index contributed by atoms with van der Waals surface area (Å²) in [4.78, 5) is 2.53. The number of nitrogens with zero attached hydrogens (tertiary/aromatic N) is 1. The van der Waals surface area contributed by atoms with Crippen molar-refractivity contribution in [2.45, 2.75) is 45.9 Å². The van der Waals surface area contributed by atoms with Gasteiger partial charge in [-0.2, -0.15) is 0 Å². The zero-order valence-electron chi connectivity index (χ0n) is 16.1. The predicted octanol–water partition coefficient (Wildman–Crippen LogP) is 5.45. The van der Waals surface area contributed by atoms with Gasteiger partial charge in [-0.05, 0) is 50.6 Å². The van der Waals surface area contributed by atoms with E-state index < -0.39 is 0 Å². The number of halogens is 2. The van der Waals surface area contributed by atoms with E-state index in [4.69, 9.17) is 27.9 Å². The maximum absolute atomic E-state index is 6.43. The largest absolute Gasteiger partial charge is 0.487 e. The summed E-state index contributed by atoms with van der Waals surface area (Å²) in [5.74, 6) is 0.716. The molecule has 2 aromatic rings. The Bertz CT molecular complexity index is 749. The van der Waals surface area contributed by atoms with E-state index in [-0.39, 0.29) is 0 Å². The van der Waals surface area contributed by atoms with E-state index in [1.165, 1.54) is 24.9 Å². The monoisotopic (exact) mass is 406 g/mol. The van der Waals surface area contributed by atoms with E-state index in [1.54, 1.807) is 6.07 Å². The van der Waals surface area contributed by atoms with Crippen LogP contribution in [0.25, 0.3) is 0 Å². The van der Waals surface area contributed by atoms with Crippen molar-refractivity contribution < 1.29 is 4.74 Å². The summed E-state index contributed by atoms with van der Waals surface area (Å²) >= 11 is 12.7. The molecule has 3 nitrogen and oxygen atoms in total. The topological polar surface area (TPSA) is 24.5 Å². The summed E-state index contributed by atoms with van der Waals surface area (Å²) in [7, 11) is 0. The fourth-order valence-electron chi connectivity index (χ4n) is 3.66. The number of aryl methyl sites for hydroxylation is 1. The van der Waals surface area contributed by atoms with Crippen LogP contribution in [-0.4, -0.2) is 30.6 Å². The highest BCUT2D eigenvalue weighted by Crippen LogP contribution is 2.33.